The van der Waals surface area contributed by atoms with Crippen molar-refractivity contribution in [3.05, 3.63) is 0 Å². The van der Waals surface area contributed by atoms with Crippen LogP contribution in [0.5, 0.6) is 0 Å². The summed E-state index contributed by atoms with van der Waals surface area (Å²) < 4.78 is 0. The topological polar surface area (TPSA) is 0 Å². The lowest BCUT2D eigenvalue weighted by atomic mass is 10.2. The van der Waals surface area contributed by atoms with Crippen LogP contribution in [-0.2, 0) is 0 Å². The van der Waals surface area contributed by atoms with Crippen LogP contribution in [0.1, 0.15) is 137 Å². The van der Waals surface area contributed by atoms with Crippen molar-refractivity contribution in [2.24, 2.45) is 0 Å². The van der Waals surface area contributed by atoms with E-state index in [2.05, 4.69) is 33.5 Å². The van der Waals surface area contributed by atoms with Crippen molar-refractivity contribution in [3.63, 3.8) is 0 Å². The molecular formula is C25H53P. The average Bonchev–Trinajstić information content (AvgIpc) is 2.65. The van der Waals surface area contributed by atoms with Crippen molar-refractivity contribution in [2.45, 2.75) is 137 Å². The molecule has 0 saturated heterocycles. The molecule has 0 aromatic heterocycles. The molecule has 0 amide bonds. The molecule has 1 heteroatoms. The van der Waals surface area contributed by atoms with Gasteiger partial charge in [0.25, 0.3) is 0 Å². The fourth-order valence-corrected chi connectivity index (χ4v) is 8.61. The maximum absolute atomic E-state index is 2.94. The van der Waals surface area contributed by atoms with E-state index in [9.17, 15) is 0 Å². The Morgan fingerprint density at radius 3 is 1.12 bits per heavy atom. The van der Waals surface area contributed by atoms with Gasteiger partial charge in [0.15, 0.2) is 0 Å². The molecule has 0 aromatic rings. The molecule has 0 saturated carbocycles. The first kappa shape index (κ1) is 26.3. The van der Waals surface area contributed by atoms with Gasteiger partial charge in [0.05, 0.1) is 0 Å². The third-order valence-corrected chi connectivity index (χ3v) is 10.6. The SMILES string of the molecule is CCCCCCC=P(CCCCCC)(CCCCCC)CCCCCC. The van der Waals surface area contributed by atoms with Gasteiger partial charge in [-0.25, -0.2) is 0 Å². The predicted octanol–water partition coefficient (Wildman–Crippen LogP) is 9.52. The molecule has 0 aliphatic rings. The van der Waals surface area contributed by atoms with Crippen LogP contribution < -0.4 is 0 Å². The largest absolute Gasteiger partial charge is 0.109 e. The molecule has 0 aliphatic heterocycles. The standard InChI is InChI=1S/C25H53P/c1-5-9-13-17-21-25-26(22-18-14-10-6-2,23-19-15-11-7-3)24-20-16-12-8-4/h25H,5-24H2,1-4H3. The summed E-state index contributed by atoms with van der Waals surface area (Å²) in [6, 6.07) is 0. The molecule has 0 nitrogen and oxygen atoms in total. The number of hydrogen-bond donors (Lipinski definition) is 0. The summed E-state index contributed by atoms with van der Waals surface area (Å²) in [4.78, 5) is 0. The van der Waals surface area contributed by atoms with Gasteiger partial charge in [0.1, 0.15) is 0 Å². The minimum atomic E-state index is -0.790. The van der Waals surface area contributed by atoms with Gasteiger partial charge in [-0.2, -0.15) is 0 Å². The van der Waals surface area contributed by atoms with E-state index in [0.717, 1.165) is 0 Å². The highest BCUT2D eigenvalue weighted by molar-refractivity contribution is 7.74. The summed E-state index contributed by atoms with van der Waals surface area (Å²) in [7, 11) is 0. The fraction of sp³-hybridized carbons (Fsp3) is 0.960. The Hall–Kier alpha value is 0.300. The van der Waals surface area contributed by atoms with Gasteiger partial charge in [-0.15, -0.1) is 6.89 Å². The molecule has 0 radical (unpaired) electrons. The first-order valence-electron chi connectivity index (χ1n) is 12.4. The predicted molar refractivity (Wildman–Crippen MR) is 129 cm³/mol. The van der Waals surface area contributed by atoms with Gasteiger partial charge in [-0.05, 0) is 50.6 Å². The molecular weight excluding hydrogens is 331 g/mol. The van der Waals surface area contributed by atoms with Crippen LogP contribution in [-0.4, -0.2) is 24.3 Å². The second kappa shape index (κ2) is 20.0. The van der Waals surface area contributed by atoms with Crippen molar-refractivity contribution in [3.8, 4) is 0 Å². The van der Waals surface area contributed by atoms with Crippen LogP contribution in [0.2, 0.25) is 0 Å². The number of hydrogen-bond acceptors (Lipinski definition) is 0. The van der Waals surface area contributed by atoms with Crippen LogP contribution in [0.15, 0.2) is 0 Å². The summed E-state index contributed by atoms with van der Waals surface area (Å²) in [6.45, 7) is 8.57. The normalized spacial score (nSPS) is 11.8. The highest BCUT2D eigenvalue weighted by atomic mass is 31.2. The van der Waals surface area contributed by atoms with Crippen molar-refractivity contribution in [1.29, 1.82) is 0 Å². The third-order valence-electron chi connectivity index (χ3n) is 5.95. The zero-order valence-corrected chi connectivity index (χ0v) is 20.1. The molecule has 0 bridgehead atoms. The summed E-state index contributed by atoms with van der Waals surface area (Å²) in [5.41, 5.74) is 0. The maximum atomic E-state index is 2.94. The summed E-state index contributed by atoms with van der Waals surface area (Å²) in [5, 5.41) is 0. The van der Waals surface area contributed by atoms with E-state index in [-0.39, 0.29) is 0 Å². The molecule has 0 N–H and O–H groups in total. The van der Waals surface area contributed by atoms with E-state index in [4.69, 9.17) is 0 Å². The van der Waals surface area contributed by atoms with Crippen molar-refractivity contribution in [2.75, 3.05) is 18.5 Å². The van der Waals surface area contributed by atoms with Crippen LogP contribution in [0.3, 0.4) is 0 Å². The monoisotopic (exact) mass is 384 g/mol. The molecule has 158 valence electrons. The lowest BCUT2D eigenvalue weighted by Crippen LogP contribution is -2.05. The minimum Gasteiger partial charge on any atom is -0.109 e. The Bertz CT molecular complexity index is 280. The molecule has 0 unspecified atom stereocenters. The van der Waals surface area contributed by atoms with Gasteiger partial charge in [0, 0.05) is 0 Å². The Balaban J connectivity index is 4.81. The smallest absolute Gasteiger partial charge is 0.0330 e. The summed E-state index contributed by atoms with van der Waals surface area (Å²) in [5.74, 6) is 2.94. The average molecular weight is 385 g/mol. The Morgan fingerprint density at radius 1 is 0.423 bits per heavy atom. The van der Waals surface area contributed by atoms with Gasteiger partial charge in [-0.3, -0.25) is 0 Å². The minimum absolute atomic E-state index is 0.790. The first-order chi connectivity index (χ1) is 12.7. The first-order valence-corrected chi connectivity index (χ1v) is 14.9. The molecule has 0 fully saturated rings. The number of unbranched alkanes of at least 4 members (excludes halogenated alkanes) is 13. The van der Waals surface area contributed by atoms with Crippen LogP contribution in [0.25, 0.3) is 0 Å². The fourth-order valence-electron chi connectivity index (χ4n) is 4.11. The maximum Gasteiger partial charge on any atom is -0.0330 e. The van der Waals surface area contributed by atoms with E-state index in [0.29, 0.717) is 0 Å². The summed E-state index contributed by atoms with van der Waals surface area (Å²) >= 11 is 0. The Morgan fingerprint density at radius 2 is 0.769 bits per heavy atom. The van der Waals surface area contributed by atoms with Crippen molar-refractivity contribution in [1.82, 2.24) is 0 Å². The van der Waals surface area contributed by atoms with E-state index >= 15 is 0 Å². The quantitative estimate of drug-likeness (QED) is 0.145. The highest BCUT2D eigenvalue weighted by Gasteiger charge is 2.16. The Labute approximate surface area is 168 Å². The highest BCUT2D eigenvalue weighted by Crippen LogP contribution is 2.50. The zero-order chi connectivity index (χ0) is 19.3. The summed E-state index contributed by atoms with van der Waals surface area (Å²) in [6.07, 6.45) is 29.3. The molecule has 0 aromatic carbocycles. The van der Waals surface area contributed by atoms with Gasteiger partial charge in [0.2, 0.25) is 0 Å². The Kier molecular flexibility index (Phi) is 20.3. The van der Waals surface area contributed by atoms with E-state index in [1.807, 2.05) is 0 Å². The van der Waals surface area contributed by atoms with E-state index in [1.54, 1.807) is 18.5 Å². The molecule has 0 atom stereocenters. The van der Waals surface area contributed by atoms with Gasteiger partial charge < -0.3 is 0 Å². The molecule has 0 spiro atoms. The van der Waals surface area contributed by atoms with Gasteiger partial charge >= 0.3 is 0 Å². The molecule has 0 rings (SSSR count). The lowest BCUT2D eigenvalue weighted by Gasteiger charge is -2.27. The van der Waals surface area contributed by atoms with E-state index < -0.39 is 6.89 Å². The number of rotatable bonds is 20. The van der Waals surface area contributed by atoms with Crippen molar-refractivity contribution < 1.29 is 0 Å². The molecule has 0 aliphatic carbocycles. The molecule has 26 heavy (non-hydrogen) atoms. The molecule has 0 heterocycles. The van der Waals surface area contributed by atoms with Crippen LogP contribution >= 0.6 is 6.89 Å². The van der Waals surface area contributed by atoms with Crippen molar-refractivity contribution >= 4 is 12.7 Å². The van der Waals surface area contributed by atoms with Gasteiger partial charge in [-0.1, -0.05) is 111 Å². The lowest BCUT2D eigenvalue weighted by molar-refractivity contribution is 0.683. The van der Waals surface area contributed by atoms with E-state index in [1.165, 1.54) is 109 Å². The van der Waals surface area contributed by atoms with Crippen LogP contribution in [0.4, 0.5) is 0 Å². The zero-order valence-electron chi connectivity index (χ0n) is 19.2. The second-order valence-electron chi connectivity index (χ2n) is 8.60. The second-order valence-corrected chi connectivity index (χ2v) is 12.7. The third kappa shape index (κ3) is 15.4. The van der Waals surface area contributed by atoms with Crippen LogP contribution in [0, 0.1) is 0 Å².